The minimum absolute atomic E-state index is 0.0600. The van der Waals surface area contributed by atoms with Crippen molar-refractivity contribution in [1.82, 2.24) is 19.9 Å². The zero-order valence-electron chi connectivity index (χ0n) is 12.4. The summed E-state index contributed by atoms with van der Waals surface area (Å²) in [5.74, 6) is 0.449. The number of thiazole rings is 1. The lowest BCUT2D eigenvalue weighted by Crippen LogP contribution is -2.31. The minimum Gasteiger partial charge on any atom is -0.462 e. The van der Waals surface area contributed by atoms with Crippen LogP contribution >= 0.6 is 11.3 Å². The van der Waals surface area contributed by atoms with Gasteiger partial charge in [0.1, 0.15) is 6.54 Å². The fourth-order valence-corrected chi connectivity index (χ4v) is 2.95. The Hall–Kier alpha value is -2.74. The summed E-state index contributed by atoms with van der Waals surface area (Å²) in [6, 6.07) is 4.96. The molecule has 3 heterocycles. The Balaban J connectivity index is 1.63. The summed E-state index contributed by atoms with van der Waals surface area (Å²) >= 11 is 1.47. The summed E-state index contributed by atoms with van der Waals surface area (Å²) in [6.07, 6.45) is 4.33. The smallest absolute Gasteiger partial charge is 0.253 e. The first-order chi connectivity index (χ1) is 11.1. The quantitative estimate of drug-likeness (QED) is 0.767. The van der Waals surface area contributed by atoms with Crippen LogP contribution in [0.1, 0.15) is 10.6 Å². The van der Waals surface area contributed by atoms with Crippen LogP contribution in [0.25, 0.3) is 10.8 Å². The Kier molecular flexibility index (Phi) is 4.33. The van der Waals surface area contributed by atoms with E-state index >= 15 is 0 Å². The van der Waals surface area contributed by atoms with E-state index in [9.17, 15) is 9.59 Å². The number of carbonyl (C=O) groups excluding carboxylic acids is 1. The molecule has 8 heteroatoms. The lowest BCUT2D eigenvalue weighted by Gasteiger charge is -2.05. The van der Waals surface area contributed by atoms with Crippen molar-refractivity contribution >= 4 is 17.2 Å². The van der Waals surface area contributed by atoms with Gasteiger partial charge in [-0.2, -0.15) is 0 Å². The first-order valence-electron chi connectivity index (χ1n) is 6.91. The van der Waals surface area contributed by atoms with Gasteiger partial charge in [0.2, 0.25) is 5.91 Å². The molecule has 0 fully saturated rings. The standard InChI is InChI=1S/C15H14N4O3S/c1-10-12(23-15(18-10)11-3-2-6-22-11)7-17-13(20)8-19-9-16-5-4-14(19)21/h2-6,9H,7-8H2,1H3,(H,17,20). The molecule has 0 saturated carbocycles. The molecule has 0 unspecified atom stereocenters. The molecule has 0 aliphatic heterocycles. The van der Waals surface area contributed by atoms with Gasteiger partial charge in [0.05, 0.1) is 24.8 Å². The monoisotopic (exact) mass is 330 g/mol. The largest absolute Gasteiger partial charge is 0.462 e. The number of aryl methyl sites for hydroxylation is 1. The molecule has 0 saturated heterocycles. The zero-order chi connectivity index (χ0) is 16.2. The summed E-state index contributed by atoms with van der Waals surface area (Å²) in [6.45, 7) is 2.18. The van der Waals surface area contributed by atoms with Crippen LogP contribution in [0.5, 0.6) is 0 Å². The van der Waals surface area contributed by atoms with Gasteiger partial charge in [0, 0.05) is 17.1 Å². The van der Waals surface area contributed by atoms with E-state index < -0.39 is 0 Å². The predicted octanol–water partition coefficient (Wildman–Crippen LogP) is 1.58. The highest BCUT2D eigenvalue weighted by Crippen LogP contribution is 2.27. The number of nitrogens with zero attached hydrogens (tertiary/aromatic N) is 3. The highest BCUT2D eigenvalue weighted by Gasteiger charge is 2.12. The van der Waals surface area contributed by atoms with Crippen LogP contribution in [-0.4, -0.2) is 20.4 Å². The van der Waals surface area contributed by atoms with E-state index in [0.29, 0.717) is 12.3 Å². The van der Waals surface area contributed by atoms with E-state index in [1.165, 1.54) is 34.5 Å². The maximum Gasteiger partial charge on any atom is 0.253 e. The van der Waals surface area contributed by atoms with Crippen molar-refractivity contribution in [1.29, 1.82) is 0 Å². The van der Waals surface area contributed by atoms with Gasteiger partial charge in [-0.1, -0.05) is 0 Å². The third-order valence-corrected chi connectivity index (χ3v) is 4.35. The van der Waals surface area contributed by atoms with Crippen molar-refractivity contribution in [2.24, 2.45) is 0 Å². The Morgan fingerprint density at radius 2 is 2.30 bits per heavy atom. The Labute approximate surface area is 135 Å². The maximum absolute atomic E-state index is 12.0. The van der Waals surface area contributed by atoms with Crippen LogP contribution in [0.4, 0.5) is 0 Å². The lowest BCUT2D eigenvalue weighted by molar-refractivity contribution is -0.121. The number of hydrogen-bond acceptors (Lipinski definition) is 6. The van der Waals surface area contributed by atoms with E-state index in [4.69, 9.17) is 4.42 Å². The maximum atomic E-state index is 12.0. The van der Waals surface area contributed by atoms with E-state index in [0.717, 1.165) is 15.6 Å². The van der Waals surface area contributed by atoms with Crippen LogP contribution in [0, 0.1) is 6.92 Å². The summed E-state index contributed by atoms with van der Waals surface area (Å²) in [5.41, 5.74) is 0.587. The van der Waals surface area contributed by atoms with Gasteiger partial charge in [0.25, 0.3) is 5.56 Å². The Morgan fingerprint density at radius 3 is 3.04 bits per heavy atom. The molecule has 3 rings (SSSR count). The summed E-state index contributed by atoms with van der Waals surface area (Å²) in [4.78, 5) is 32.7. The van der Waals surface area contributed by atoms with Crippen molar-refractivity contribution in [3.63, 3.8) is 0 Å². The van der Waals surface area contributed by atoms with Crippen LogP contribution < -0.4 is 10.9 Å². The van der Waals surface area contributed by atoms with E-state index in [2.05, 4.69) is 15.3 Å². The van der Waals surface area contributed by atoms with Gasteiger partial charge in [-0.05, 0) is 19.1 Å². The van der Waals surface area contributed by atoms with E-state index in [1.807, 2.05) is 13.0 Å². The second kappa shape index (κ2) is 6.57. The third kappa shape index (κ3) is 3.54. The van der Waals surface area contributed by atoms with Crippen molar-refractivity contribution in [2.45, 2.75) is 20.0 Å². The molecule has 3 aromatic rings. The van der Waals surface area contributed by atoms with Crippen LogP contribution in [0.15, 0.2) is 46.2 Å². The Morgan fingerprint density at radius 1 is 1.43 bits per heavy atom. The minimum atomic E-state index is -0.260. The van der Waals surface area contributed by atoms with E-state index in [-0.39, 0.29) is 18.0 Å². The first kappa shape index (κ1) is 15.2. The third-order valence-electron chi connectivity index (χ3n) is 3.18. The molecule has 1 amide bonds. The van der Waals surface area contributed by atoms with Gasteiger partial charge in [0.15, 0.2) is 10.8 Å². The highest BCUT2D eigenvalue weighted by molar-refractivity contribution is 7.15. The summed E-state index contributed by atoms with van der Waals surface area (Å²) < 4.78 is 6.57. The van der Waals surface area contributed by atoms with Crippen molar-refractivity contribution in [2.75, 3.05) is 0 Å². The van der Waals surface area contributed by atoms with Crippen molar-refractivity contribution in [3.8, 4) is 10.8 Å². The first-order valence-corrected chi connectivity index (χ1v) is 7.72. The van der Waals surface area contributed by atoms with E-state index in [1.54, 1.807) is 12.3 Å². The molecule has 7 nitrogen and oxygen atoms in total. The average Bonchev–Trinajstić information content (AvgIpc) is 3.17. The zero-order valence-corrected chi connectivity index (χ0v) is 13.2. The number of amides is 1. The van der Waals surface area contributed by atoms with Gasteiger partial charge in [-0.25, -0.2) is 9.97 Å². The SMILES string of the molecule is Cc1nc(-c2ccco2)sc1CNC(=O)Cn1cnccc1=O. The van der Waals surface area contributed by atoms with Crippen molar-refractivity contribution in [3.05, 3.63) is 57.9 Å². The van der Waals surface area contributed by atoms with Crippen molar-refractivity contribution < 1.29 is 9.21 Å². The van der Waals surface area contributed by atoms with Gasteiger partial charge in [-0.3, -0.25) is 14.2 Å². The fraction of sp³-hybridized carbons (Fsp3) is 0.200. The molecule has 1 N–H and O–H groups in total. The number of aromatic nitrogens is 3. The predicted molar refractivity (Wildman–Crippen MR) is 84.9 cm³/mol. The van der Waals surface area contributed by atoms with Gasteiger partial charge < -0.3 is 9.73 Å². The molecule has 118 valence electrons. The molecule has 0 aliphatic carbocycles. The molecule has 3 aromatic heterocycles. The topological polar surface area (TPSA) is 90.0 Å². The normalized spacial score (nSPS) is 10.7. The second-order valence-electron chi connectivity index (χ2n) is 4.83. The molecule has 0 radical (unpaired) electrons. The number of nitrogens with one attached hydrogen (secondary N) is 1. The van der Waals surface area contributed by atoms with Crippen LogP contribution in [0.2, 0.25) is 0 Å². The number of carbonyl (C=O) groups is 1. The molecule has 0 aliphatic rings. The molecule has 0 bridgehead atoms. The molecular formula is C15H14N4O3S. The summed E-state index contributed by atoms with van der Waals surface area (Å²) in [5, 5.41) is 3.57. The molecule has 0 aromatic carbocycles. The second-order valence-corrected chi connectivity index (χ2v) is 5.91. The molecule has 0 spiro atoms. The Bertz CT molecular complexity index is 867. The summed E-state index contributed by atoms with van der Waals surface area (Å²) in [7, 11) is 0. The number of hydrogen-bond donors (Lipinski definition) is 1. The van der Waals surface area contributed by atoms with Crippen LogP contribution in [0.3, 0.4) is 0 Å². The average molecular weight is 330 g/mol. The lowest BCUT2D eigenvalue weighted by atomic mass is 10.4. The highest BCUT2D eigenvalue weighted by atomic mass is 32.1. The molecular weight excluding hydrogens is 316 g/mol. The van der Waals surface area contributed by atoms with Gasteiger partial charge >= 0.3 is 0 Å². The fourth-order valence-electron chi connectivity index (χ4n) is 1.98. The van der Waals surface area contributed by atoms with Crippen LogP contribution in [-0.2, 0) is 17.9 Å². The molecule has 23 heavy (non-hydrogen) atoms. The number of rotatable bonds is 5. The molecule has 0 atom stereocenters. The number of furan rings is 1. The van der Waals surface area contributed by atoms with Gasteiger partial charge in [-0.15, -0.1) is 11.3 Å².